The third-order valence-electron chi connectivity index (χ3n) is 6.09. The van der Waals surface area contributed by atoms with Gasteiger partial charge in [0, 0.05) is 0 Å². The maximum atomic E-state index is 12.8. The van der Waals surface area contributed by atoms with E-state index in [4.69, 9.17) is 9.47 Å². The van der Waals surface area contributed by atoms with E-state index in [9.17, 15) is 9.59 Å². The maximum absolute atomic E-state index is 12.8. The van der Waals surface area contributed by atoms with Crippen molar-refractivity contribution < 1.29 is 19.1 Å². The third kappa shape index (κ3) is 11.4. The molecule has 5 heteroatoms. The molecule has 0 bridgehead atoms. The van der Waals surface area contributed by atoms with Gasteiger partial charge in [-0.2, -0.15) is 0 Å². The van der Waals surface area contributed by atoms with Crippen LogP contribution < -0.4 is 0 Å². The second kappa shape index (κ2) is 16.2. The van der Waals surface area contributed by atoms with Crippen molar-refractivity contribution >= 4 is 30.3 Å². The normalized spacial score (nSPS) is 13.6. The number of allylic oxidation sites excluding steroid dienone is 1. The van der Waals surface area contributed by atoms with Crippen LogP contribution in [0.3, 0.4) is 0 Å². The number of esters is 2. The van der Waals surface area contributed by atoms with E-state index >= 15 is 0 Å². The number of rotatable bonds is 17. The molecule has 0 aromatic heterocycles. The van der Waals surface area contributed by atoms with E-state index in [2.05, 4.69) is 27.4 Å². The summed E-state index contributed by atoms with van der Waals surface area (Å²) < 4.78 is 15.3. The minimum absolute atomic E-state index is 0.147. The molecule has 0 aromatic rings. The Balaban J connectivity index is 5.74. The summed E-state index contributed by atoms with van der Waals surface area (Å²) in [6.45, 7) is 12.7. The third-order valence-corrected chi connectivity index (χ3v) is 22.1. The van der Waals surface area contributed by atoms with Crippen molar-refractivity contribution in [2.45, 2.75) is 96.8 Å². The van der Waals surface area contributed by atoms with E-state index < -0.39 is 18.4 Å². The second-order valence-corrected chi connectivity index (χ2v) is 22.9. The minimum atomic E-state index is -2.53. The van der Waals surface area contributed by atoms with Gasteiger partial charge in [0.1, 0.15) is 0 Å². The summed E-state index contributed by atoms with van der Waals surface area (Å²) in [5.74, 6) is -0.886. The Kier molecular flexibility index (Phi) is 15.9. The van der Waals surface area contributed by atoms with Crippen molar-refractivity contribution in [3.05, 3.63) is 12.2 Å². The van der Waals surface area contributed by atoms with Gasteiger partial charge in [-0.15, -0.1) is 0 Å². The van der Waals surface area contributed by atoms with Gasteiger partial charge in [0.2, 0.25) is 0 Å². The fourth-order valence-electron chi connectivity index (χ4n) is 4.48. The van der Waals surface area contributed by atoms with Crippen LogP contribution in [0, 0.1) is 11.8 Å². The van der Waals surface area contributed by atoms with Gasteiger partial charge in [-0.1, -0.05) is 0 Å². The molecule has 0 fully saturated rings. The van der Waals surface area contributed by atoms with Crippen molar-refractivity contribution in [1.82, 2.24) is 0 Å². The van der Waals surface area contributed by atoms with E-state index in [-0.39, 0.29) is 23.8 Å². The Bertz CT molecular complexity index is 467. The average molecular weight is 517 g/mol. The molecule has 0 aromatic carbocycles. The molecule has 0 radical (unpaired) electrons. The first-order valence-corrected chi connectivity index (χ1v) is 19.7. The number of hydrogen-bond acceptors (Lipinski definition) is 4. The molecule has 4 nitrogen and oxygen atoms in total. The molecule has 0 N–H and O–H groups in total. The Morgan fingerprint density at radius 3 is 1.59 bits per heavy atom. The molecule has 0 heterocycles. The zero-order valence-electron chi connectivity index (χ0n) is 20.0. The monoisotopic (exact) mass is 518 g/mol. The predicted octanol–water partition coefficient (Wildman–Crippen LogP) is 6.77. The van der Waals surface area contributed by atoms with Crippen LogP contribution >= 0.6 is 0 Å². The van der Waals surface area contributed by atoms with Crippen molar-refractivity contribution in [3.63, 3.8) is 0 Å². The van der Waals surface area contributed by atoms with Gasteiger partial charge in [0.25, 0.3) is 0 Å². The first-order chi connectivity index (χ1) is 13.8. The van der Waals surface area contributed by atoms with Crippen LogP contribution in [0.1, 0.15) is 79.1 Å². The molecule has 0 rings (SSSR count). The average Bonchev–Trinajstić information content (AvgIpc) is 2.71. The molecule has 0 spiro atoms. The molecule has 0 aliphatic rings. The summed E-state index contributed by atoms with van der Waals surface area (Å²) in [7, 11) is 2.90. The van der Waals surface area contributed by atoms with Gasteiger partial charge in [-0.3, -0.25) is 0 Å². The summed E-state index contributed by atoms with van der Waals surface area (Å²) in [5.41, 5.74) is 0.946. The number of carbonyl (C=O) groups excluding carboxylic acids is 2. The van der Waals surface area contributed by atoms with Gasteiger partial charge >= 0.3 is 184 Å². The van der Waals surface area contributed by atoms with Gasteiger partial charge in [-0.05, 0) is 0 Å². The van der Waals surface area contributed by atoms with Crippen molar-refractivity contribution in [2.75, 3.05) is 14.2 Å². The number of hydrogen-bond donors (Lipinski definition) is 0. The van der Waals surface area contributed by atoms with Crippen molar-refractivity contribution in [2.24, 2.45) is 11.8 Å². The molecular weight excluding hydrogens is 471 g/mol. The first kappa shape index (κ1) is 28.5. The second-order valence-electron chi connectivity index (χ2n) is 8.85. The first-order valence-electron chi connectivity index (χ1n) is 11.6. The number of ether oxygens (including phenoxy) is 2. The molecule has 2 atom stereocenters. The van der Waals surface area contributed by atoms with Gasteiger partial charge in [-0.25, -0.2) is 0 Å². The topological polar surface area (TPSA) is 52.6 Å². The van der Waals surface area contributed by atoms with Crippen LogP contribution in [-0.4, -0.2) is 44.5 Å². The molecule has 0 amide bonds. The van der Waals surface area contributed by atoms with Crippen molar-refractivity contribution in [3.8, 4) is 0 Å². The quantitative estimate of drug-likeness (QED) is 0.121. The van der Waals surface area contributed by atoms with Gasteiger partial charge in [0.15, 0.2) is 0 Å². The zero-order chi connectivity index (χ0) is 22.3. The van der Waals surface area contributed by atoms with Crippen molar-refractivity contribution in [1.29, 1.82) is 0 Å². The fraction of sp³-hybridized carbons (Fsp3) is 0.833. The zero-order valence-corrected chi connectivity index (χ0v) is 22.8. The molecule has 0 aliphatic carbocycles. The van der Waals surface area contributed by atoms with E-state index in [1.165, 1.54) is 66.1 Å². The summed E-state index contributed by atoms with van der Waals surface area (Å²) in [6, 6.07) is 0. The van der Waals surface area contributed by atoms with Crippen LogP contribution in [-0.2, 0) is 19.1 Å². The summed E-state index contributed by atoms with van der Waals surface area (Å²) >= 11 is -2.53. The molecule has 0 saturated heterocycles. The SMILES string of the molecule is C=C(C)CC(CC([CH2][Sn]([CH2]CCC)([CH2]CCC)[CH2]CCC)C(=O)OC)C(=O)OC. The summed E-state index contributed by atoms with van der Waals surface area (Å²) in [4.78, 5) is 25.2. The molecule has 2 unspecified atom stereocenters. The number of methoxy groups -OCH3 is 2. The Morgan fingerprint density at radius 1 is 0.828 bits per heavy atom. The molecule has 170 valence electrons. The van der Waals surface area contributed by atoms with E-state index in [0.29, 0.717) is 12.8 Å². The molecule has 0 saturated carbocycles. The van der Waals surface area contributed by atoms with Crippen LogP contribution in [0.5, 0.6) is 0 Å². The molecule has 0 aliphatic heterocycles. The number of carbonyl (C=O) groups is 2. The van der Waals surface area contributed by atoms with Gasteiger partial charge in [0.05, 0.1) is 0 Å². The Morgan fingerprint density at radius 2 is 1.24 bits per heavy atom. The van der Waals surface area contributed by atoms with Crippen LogP contribution in [0.25, 0.3) is 0 Å². The van der Waals surface area contributed by atoms with E-state index in [1.807, 2.05) is 6.92 Å². The summed E-state index contributed by atoms with van der Waals surface area (Å²) in [5, 5.41) is 0. The molecule has 29 heavy (non-hydrogen) atoms. The molecular formula is C24H46O4Sn. The predicted molar refractivity (Wildman–Crippen MR) is 125 cm³/mol. The number of unbranched alkanes of at least 4 members (excludes halogenated alkanes) is 3. The van der Waals surface area contributed by atoms with Crippen LogP contribution in [0.2, 0.25) is 17.7 Å². The van der Waals surface area contributed by atoms with Gasteiger partial charge < -0.3 is 0 Å². The fourth-order valence-corrected chi connectivity index (χ4v) is 21.8. The van der Waals surface area contributed by atoms with E-state index in [0.717, 1.165) is 10.0 Å². The van der Waals surface area contributed by atoms with Crippen LogP contribution in [0.4, 0.5) is 0 Å². The Hall–Kier alpha value is -0.521. The summed E-state index contributed by atoms with van der Waals surface area (Å²) in [6.07, 6.45) is 8.52. The van der Waals surface area contributed by atoms with Crippen LogP contribution in [0.15, 0.2) is 12.2 Å². The Labute approximate surface area is 184 Å². The van der Waals surface area contributed by atoms with E-state index in [1.54, 1.807) is 0 Å². The standard InChI is InChI=1S/C12H19O4.3C4H9.Sn/c1-8(2)6-10(12(14)16-5)7-9(3)11(13)15-4;3*1-3-4-2;/h9-10H,1,3,6-7H2,2,4-5H3;3*1,3-4H2,2H3;.